The summed E-state index contributed by atoms with van der Waals surface area (Å²) < 4.78 is 1.73. The molecule has 0 aliphatic carbocycles. The summed E-state index contributed by atoms with van der Waals surface area (Å²) in [7, 11) is 0. The van der Waals surface area contributed by atoms with Crippen LogP contribution in [0.4, 0.5) is 0 Å². The van der Waals surface area contributed by atoms with Crippen LogP contribution in [-0.2, 0) is 0 Å². The first-order valence-electron chi connectivity index (χ1n) is 4.77. The summed E-state index contributed by atoms with van der Waals surface area (Å²) in [5, 5.41) is 13.6. The number of rotatable bonds is 0. The molecule has 5 nitrogen and oxygen atoms in total. The van der Waals surface area contributed by atoms with Crippen molar-refractivity contribution in [3.8, 4) is 11.5 Å². The molecule has 0 saturated heterocycles. The van der Waals surface area contributed by atoms with Crippen LogP contribution in [0.5, 0.6) is 0 Å². The Kier molecular flexibility index (Phi) is 1.39. The summed E-state index contributed by atoms with van der Waals surface area (Å²) in [6, 6.07) is 7.90. The minimum atomic E-state index is 0.760. The van der Waals surface area contributed by atoms with Crippen LogP contribution in [0.3, 0.4) is 0 Å². The number of hydrogen-bond donors (Lipinski definition) is 0. The molecule has 0 saturated carbocycles. The van der Waals surface area contributed by atoms with E-state index in [4.69, 9.17) is 0 Å². The van der Waals surface area contributed by atoms with E-state index in [-0.39, 0.29) is 0 Å². The smallest absolute Gasteiger partial charge is 0.226 e. The lowest BCUT2D eigenvalue weighted by atomic mass is 10.2. The maximum absolute atomic E-state index is 4.52. The van der Waals surface area contributed by atoms with Gasteiger partial charge in [0, 0.05) is 5.39 Å². The van der Waals surface area contributed by atoms with Gasteiger partial charge in [-0.15, -0.1) is 10.2 Å². The highest BCUT2D eigenvalue weighted by Gasteiger charge is 2.17. The van der Waals surface area contributed by atoms with Crippen molar-refractivity contribution >= 4 is 27.2 Å². The highest BCUT2D eigenvalue weighted by atomic mass is 32.1. The van der Waals surface area contributed by atoms with Gasteiger partial charge in [-0.25, -0.2) is 4.98 Å². The Labute approximate surface area is 93.7 Å². The molecule has 2 aromatic rings. The lowest BCUT2D eigenvalue weighted by Gasteiger charge is -1.96. The van der Waals surface area contributed by atoms with E-state index in [0.717, 1.165) is 27.4 Å². The van der Waals surface area contributed by atoms with E-state index in [1.165, 1.54) is 11.3 Å². The molecule has 0 atom stereocenters. The molecule has 0 radical (unpaired) electrons. The van der Waals surface area contributed by atoms with Gasteiger partial charge >= 0.3 is 0 Å². The first kappa shape index (κ1) is 8.12. The van der Waals surface area contributed by atoms with Crippen LogP contribution in [0.2, 0.25) is 0 Å². The number of fused-ring (bicyclic) bond motifs is 5. The normalized spacial score (nSPS) is 11.8. The van der Waals surface area contributed by atoms with Gasteiger partial charge in [0.2, 0.25) is 4.96 Å². The van der Waals surface area contributed by atoms with Gasteiger partial charge in [0.05, 0.1) is 5.52 Å². The summed E-state index contributed by atoms with van der Waals surface area (Å²) in [5.41, 5.74) is 3.47. The van der Waals surface area contributed by atoms with Crippen LogP contribution in [0, 0.1) is 0 Å². The standard InChI is InChI=1S/C10H5N5S/c1-2-4-7-6(3-1)8-9(12-7)15-10(14-13-8)16-5-11-15/h1-5H. The van der Waals surface area contributed by atoms with Gasteiger partial charge in [0.15, 0.2) is 5.82 Å². The van der Waals surface area contributed by atoms with Crippen molar-refractivity contribution < 1.29 is 0 Å². The van der Waals surface area contributed by atoms with Gasteiger partial charge in [-0.1, -0.05) is 29.5 Å². The monoisotopic (exact) mass is 227 g/mol. The minimum absolute atomic E-state index is 0.760. The van der Waals surface area contributed by atoms with Crippen molar-refractivity contribution in [3.63, 3.8) is 0 Å². The highest BCUT2D eigenvalue weighted by molar-refractivity contribution is 7.14. The van der Waals surface area contributed by atoms with Gasteiger partial charge < -0.3 is 0 Å². The fraction of sp³-hybridized carbons (Fsp3) is 0. The molecule has 1 aromatic heterocycles. The molecule has 1 aromatic carbocycles. The molecule has 3 heterocycles. The van der Waals surface area contributed by atoms with E-state index in [1.807, 2.05) is 24.3 Å². The van der Waals surface area contributed by atoms with Crippen molar-refractivity contribution in [3.05, 3.63) is 29.8 Å². The molecule has 0 amide bonds. The fourth-order valence-corrected chi connectivity index (χ4v) is 2.38. The van der Waals surface area contributed by atoms with E-state index < -0.39 is 0 Å². The van der Waals surface area contributed by atoms with Gasteiger partial charge in [-0.3, -0.25) is 0 Å². The van der Waals surface area contributed by atoms with Gasteiger partial charge in [-0.05, 0) is 6.07 Å². The fourth-order valence-electron chi connectivity index (χ4n) is 1.83. The van der Waals surface area contributed by atoms with Crippen molar-refractivity contribution in [1.29, 1.82) is 0 Å². The van der Waals surface area contributed by atoms with Crippen molar-refractivity contribution in [2.75, 3.05) is 0 Å². The summed E-state index contributed by atoms with van der Waals surface area (Å²) >= 11 is 1.45. The van der Waals surface area contributed by atoms with E-state index in [0.29, 0.717) is 0 Å². The molecule has 76 valence electrons. The van der Waals surface area contributed by atoms with Crippen molar-refractivity contribution in [2.24, 2.45) is 0 Å². The number of aromatic nitrogens is 5. The van der Waals surface area contributed by atoms with Crippen molar-refractivity contribution in [1.82, 2.24) is 24.8 Å². The van der Waals surface area contributed by atoms with Crippen LogP contribution < -0.4 is 0 Å². The number of benzene rings is 1. The molecule has 2 aliphatic rings. The molecule has 16 heavy (non-hydrogen) atoms. The van der Waals surface area contributed by atoms with E-state index in [2.05, 4.69) is 20.3 Å². The third-order valence-electron chi connectivity index (χ3n) is 2.54. The summed E-state index contributed by atoms with van der Waals surface area (Å²) in [6.07, 6.45) is 0. The number of nitrogens with zero attached hydrogens (tertiary/aromatic N) is 5. The van der Waals surface area contributed by atoms with Crippen LogP contribution in [-0.4, -0.2) is 24.8 Å². The second-order valence-electron chi connectivity index (χ2n) is 3.43. The zero-order chi connectivity index (χ0) is 10.5. The Hall–Kier alpha value is -2.08. The molecular weight excluding hydrogens is 222 g/mol. The van der Waals surface area contributed by atoms with Crippen LogP contribution >= 0.6 is 11.3 Å². The van der Waals surface area contributed by atoms with Crippen LogP contribution in [0.25, 0.3) is 27.4 Å². The lowest BCUT2D eigenvalue weighted by molar-refractivity contribution is 0.884. The van der Waals surface area contributed by atoms with Gasteiger partial charge in [-0.2, -0.15) is 9.61 Å². The van der Waals surface area contributed by atoms with E-state index in [1.54, 1.807) is 10.0 Å². The topological polar surface area (TPSA) is 56.0 Å². The SMILES string of the molecule is c1ccc2c3nnc4scnn4c-3nc2c1. The molecule has 0 N–H and O–H groups in total. The van der Waals surface area contributed by atoms with E-state index >= 15 is 0 Å². The maximum atomic E-state index is 4.52. The number of para-hydroxylation sites is 1. The van der Waals surface area contributed by atoms with E-state index in [9.17, 15) is 0 Å². The summed E-state index contributed by atoms with van der Waals surface area (Å²) in [6.45, 7) is 0. The van der Waals surface area contributed by atoms with Crippen LogP contribution in [0.1, 0.15) is 0 Å². The molecule has 0 bridgehead atoms. The highest BCUT2D eigenvalue weighted by Crippen LogP contribution is 2.28. The summed E-state index contributed by atoms with van der Waals surface area (Å²) in [5.74, 6) is 0.771. The van der Waals surface area contributed by atoms with Gasteiger partial charge in [0.25, 0.3) is 0 Å². The molecular formula is C10H5N5S. The molecule has 0 fully saturated rings. The minimum Gasteiger partial charge on any atom is -0.226 e. The Morgan fingerprint density at radius 3 is 3.06 bits per heavy atom. The zero-order valence-corrected chi connectivity index (χ0v) is 8.85. The quantitative estimate of drug-likeness (QED) is 0.460. The Balaban J connectivity index is 2.31. The second kappa shape index (κ2) is 2.73. The molecule has 6 heteroatoms. The zero-order valence-electron chi connectivity index (χ0n) is 8.03. The van der Waals surface area contributed by atoms with Gasteiger partial charge in [0.1, 0.15) is 11.2 Å². The third-order valence-corrected chi connectivity index (χ3v) is 3.20. The Morgan fingerprint density at radius 1 is 1.12 bits per heavy atom. The summed E-state index contributed by atoms with van der Waals surface area (Å²) in [4.78, 5) is 5.28. The Bertz CT molecular complexity index is 771. The molecule has 2 aliphatic heterocycles. The first-order chi connectivity index (χ1) is 7.93. The molecule has 0 spiro atoms. The molecule has 0 unspecified atom stereocenters. The third kappa shape index (κ3) is 0.892. The van der Waals surface area contributed by atoms with Crippen LogP contribution in [0.15, 0.2) is 29.8 Å². The molecule has 4 rings (SSSR count). The largest absolute Gasteiger partial charge is 0.234 e. The number of hydrogen-bond acceptors (Lipinski definition) is 5. The Morgan fingerprint density at radius 2 is 2.06 bits per heavy atom. The average Bonchev–Trinajstić information content (AvgIpc) is 2.92. The predicted molar refractivity (Wildman–Crippen MR) is 60.6 cm³/mol. The second-order valence-corrected chi connectivity index (χ2v) is 4.25. The van der Waals surface area contributed by atoms with Crippen molar-refractivity contribution in [2.45, 2.75) is 0 Å². The predicted octanol–water partition coefficient (Wildman–Crippen LogP) is 1.84. The average molecular weight is 227 g/mol. The first-order valence-corrected chi connectivity index (χ1v) is 5.65. The lowest BCUT2D eigenvalue weighted by Crippen LogP contribution is -1.99. The maximum Gasteiger partial charge on any atom is 0.234 e.